The van der Waals surface area contributed by atoms with Gasteiger partial charge in [-0.3, -0.25) is 0 Å². The first-order chi connectivity index (χ1) is 7.83. The zero-order chi connectivity index (χ0) is 13.1. The minimum atomic E-state index is -4.10. The van der Waals surface area contributed by atoms with Crippen LogP contribution < -0.4 is 0 Å². The molecule has 0 N–H and O–H groups in total. The van der Waals surface area contributed by atoms with Gasteiger partial charge in [0.1, 0.15) is 11.6 Å². The van der Waals surface area contributed by atoms with Crippen LogP contribution in [0.5, 0.6) is 0 Å². The van der Waals surface area contributed by atoms with Crippen LogP contribution in [-0.2, 0) is 11.3 Å². The first-order valence-electron chi connectivity index (χ1n) is 5.01. The first kappa shape index (κ1) is 14.4. The quantitative estimate of drug-likeness (QED) is 0.736. The number of halogens is 4. The monoisotopic (exact) mass is 271 g/mol. The normalized spacial score (nSPS) is 12.7. The maximum atomic E-state index is 12.5. The van der Waals surface area contributed by atoms with E-state index in [0.717, 1.165) is 4.88 Å². The van der Waals surface area contributed by atoms with Crippen LogP contribution in [0.1, 0.15) is 29.7 Å². The van der Waals surface area contributed by atoms with E-state index in [9.17, 15) is 17.6 Å². The number of ether oxygens (including phenoxy) is 1. The van der Waals surface area contributed by atoms with E-state index in [1.165, 1.54) is 11.3 Å². The van der Waals surface area contributed by atoms with E-state index in [4.69, 9.17) is 0 Å². The molecule has 0 aliphatic heterocycles. The van der Waals surface area contributed by atoms with Gasteiger partial charge in [-0.25, -0.2) is 13.8 Å². The van der Waals surface area contributed by atoms with E-state index in [-0.39, 0.29) is 6.61 Å². The fourth-order valence-electron chi connectivity index (χ4n) is 0.995. The van der Waals surface area contributed by atoms with E-state index in [2.05, 4.69) is 9.72 Å². The molecule has 0 bridgehead atoms. The molecule has 0 fully saturated rings. The lowest BCUT2D eigenvalue weighted by molar-refractivity contribution is -0.168. The van der Waals surface area contributed by atoms with Crippen molar-refractivity contribution in [1.82, 2.24) is 4.98 Å². The fourth-order valence-corrected chi connectivity index (χ4v) is 1.86. The highest BCUT2D eigenvalue weighted by Gasteiger charge is 2.40. The second-order valence-electron chi connectivity index (χ2n) is 3.87. The van der Waals surface area contributed by atoms with Crippen LogP contribution >= 0.6 is 11.3 Å². The van der Waals surface area contributed by atoms with Gasteiger partial charge in [0.2, 0.25) is 0 Å². The van der Waals surface area contributed by atoms with Gasteiger partial charge < -0.3 is 4.74 Å². The van der Waals surface area contributed by atoms with Crippen molar-refractivity contribution >= 4 is 11.3 Å². The number of rotatable bonds is 6. The summed E-state index contributed by atoms with van der Waals surface area (Å²) >= 11 is 1.33. The van der Waals surface area contributed by atoms with Crippen molar-refractivity contribution in [1.29, 1.82) is 0 Å². The Morgan fingerprint density at radius 1 is 1.41 bits per heavy atom. The van der Waals surface area contributed by atoms with Gasteiger partial charge in [-0.05, 0) is 5.92 Å². The third-order valence-electron chi connectivity index (χ3n) is 1.98. The van der Waals surface area contributed by atoms with Crippen LogP contribution in [0.4, 0.5) is 17.6 Å². The number of aromatic nitrogens is 1. The summed E-state index contributed by atoms with van der Waals surface area (Å²) in [5.74, 6) is -3.80. The number of thiazole rings is 1. The molecule has 0 saturated carbocycles. The Kier molecular flexibility index (Phi) is 4.88. The molecule has 1 heterocycles. The summed E-state index contributed by atoms with van der Waals surface area (Å²) in [5.41, 5.74) is 0. The molecule has 1 aromatic rings. The lowest BCUT2D eigenvalue weighted by Gasteiger charge is -2.14. The van der Waals surface area contributed by atoms with Crippen molar-refractivity contribution in [3.8, 4) is 0 Å². The highest BCUT2D eigenvalue weighted by Crippen LogP contribution is 2.25. The molecule has 7 heteroatoms. The lowest BCUT2D eigenvalue weighted by atomic mass is 10.2. The summed E-state index contributed by atoms with van der Waals surface area (Å²) in [7, 11) is 0. The number of nitrogens with zero attached hydrogens (tertiary/aromatic N) is 1. The minimum Gasteiger partial charge on any atom is -0.368 e. The molecule has 0 radical (unpaired) electrons. The highest BCUT2D eigenvalue weighted by molar-refractivity contribution is 7.11. The van der Waals surface area contributed by atoms with Crippen molar-refractivity contribution in [3.63, 3.8) is 0 Å². The molecule has 0 aliphatic rings. The zero-order valence-corrected chi connectivity index (χ0v) is 10.2. The molecule has 0 amide bonds. The van der Waals surface area contributed by atoms with Crippen molar-refractivity contribution < 1.29 is 22.3 Å². The van der Waals surface area contributed by atoms with Crippen molar-refractivity contribution in [2.24, 2.45) is 0 Å². The fraction of sp³-hybridized carbons (Fsp3) is 0.700. The molecule has 1 rings (SSSR count). The van der Waals surface area contributed by atoms with Crippen molar-refractivity contribution in [2.75, 3.05) is 6.61 Å². The summed E-state index contributed by atoms with van der Waals surface area (Å²) in [4.78, 5) is 4.97. The SMILES string of the molecule is CC(C)c1cnc(COCC(F)(F)C(F)F)s1. The number of hydrogen-bond acceptors (Lipinski definition) is 3. The molecule has 2 nitrogen and oxygen atoms in total. The van der Waals surface area contributed by atoms with Crippen molar-refractivity contribution in [2.45, 2.75) is 38.7 Å². The molecule has 98 valence electrons. The van der Waals surface area contributed by atoms with Gasteiger partial charge in [0, 0.05) is 11.1 Å². The van der Waals surface area contributed by atoms with Crippen LogP contribution in [-0.4, -0.2) is 23.9 Å². The predicted molar refractivity (Wildman–Crippen MR) is 56.8 cm³/mol. The molecule has 1 aromatic heterocycles. The van der Waals surface area contributed by atoms with E-state index >= 15 is 0 Å². The van der Waals surface area contributed by atoms with Gasteiger partial charge in [-0.1, -0.05) is 13.8 Å². The summed E-state index contributed by atoms with van der Waals surface area (Å²) < 4.78 is 53.1. The summed E-state index contributed by atoms with van der Waals surface area (Å²) in [6.07, 6.45) is -2.07. The van der Waals surface area contributed by atoms with Crippen LogP contribution in [0.3, 0.4) is 0 Å². The molecule has 0 unspecified atom stereocenters. The Balaban J connectivity index is 2.41. The highest BCUT2D eigenvalue weighted by atomic mass is 32.1. The largest absolute Gasteiger partial charge is 0.368 e. The molecule has 0 aromatic carbocycles. The molecular weight excluding hydrogens is 258 g/mol. The van der Waals surface area contributed by atoms with Gasteiger partial charge in [-0.2, -0.15) is 8.78 Å². The second-order valence-corrected chi connectivity index (χ2v) is 5.01. The number of alkyl halides is 4. The zero-order valence-electron chi connectivity index (χ0n) is 9.42. The average Bonchev–Trinajstić information content (AvgIpc) is 2.66. The average molecular weight is 271 g/mol. The first-order valence-corrected chi connectivity index (χ1v) is 5.83. The maximum Gasteiger partial charge on any atom is 0.330 e. The smallest absolute Gasteiger partial charge is 0.330 e. The van der Waals surface area contributed by atoms with Gasteiger partial charge in [0.15, 0.2) is 0 Å². The third kappa shape index (κ3) is 4.23. The second kappa shape index (κ2) is 5.77. The van der Waals surface area contributed by atoms with Crippen molar-refractivity contribution in [3.05, 3.63) is 16.1 Å². The minimum absolute atomic E-state index is 0.167. The Morgan fingerprint density at radius 2 is 2.06 bits per heavy atom. The van der Waals surface area contributed by atoms with Crippen LogP contribution in [0.25, 0.3) is 0 Å². The number of hydrogen-bond donors (Lipinski definition) is 0. The van der Waals surface area contributed by atoms with Crippen LogP contribution in [0.15, 0.2) is 6.20 Å². The van der Waals surface area contributed by atoms with Crippen LogP contribution in [0, 0.1) is 0 Å². The Hall–Kier alpha value is -0.690. The Bertz CT molecular complexity index is 354. The van der Waals surface area contributed by atoms with Gasteiger partial charge in [0.05, 0.1) is 6.61 Å². The topological polar surface area (TPSA) is 22.1 Å². The lowest BCUT2D eigenvalue weighted by Crippen LogP contribution is -2.32. The van der Waals surface area contributed by atoms with Gasteiger partial charge in [0.25, 0.3) is 0 Å². The molecule has 0 spiro atoms. The third-order valence-corrected chi connectivity index (χ3v) is 3.25. The molecule has 0 atom stereocenters. The van der Waals surface area contributed by atoms with Crippen LogP contribution in [0.2, 0.25) is 0 Å². The van der Waals surface area contributed by atoms with Gasteiger partial charge >= 0.3 is 12.3 Å². The molecule has 17 heavy (non-hydrogen) atoms. The maximum absolute atomic E-state index is 12.5. The van der Waals surface area contributed by atoms with E-state index in [0.29, 0.717) is 10.9 Å². The predicted octanol–water partition coefficient (Wildman–Crippen LogP) is 3.68. The van der Waals surface area contributed by atoms with E-state index in [1.807, 2.05) is 13.8 Å². The van der Waals surface area contributed by atoms with E-state index < -0.39 is 19.0 Å². The summed E-state index contributed by atoms with van der Waals surface area (Å²) in [5, 5.41) is 0.513. The molecule has 0 saturated heterocycles. The summed E-state index contributed by atoms with van der Waals surface area (Å²) in [6, 6.07) is 0. The standard InChI is InChI=1S/C10H13F4NOS/c1-6(2)7-3-15-8(17-7)4-16-5-10(13,14)9(11)12/h3,6,9H,4-5H2,1-2H3. The van der Waals surface area contributed by atoms with E-state index in [1.54, 1.807) is 6.20 Å². The summed E-state index contributed by atoms with van der Waals surface area (Å²) in [6.45, 7) is 2.49. The molecular formula is C10H13F4NOS. The molecule has 0 aliphatic carbocycles. The van der Waals surface area contributed by atoms with Gasteiger partial charge in [-0.15, -0.1) is 11.3 Å². The Morgan fingerprint density at radius 3 is 2.53 bits per heavy atom. The Labute approximate surface area is 101 Å².